The molecular formula is C28H23N3O3S. The van der Waals surface area contributed by atoms with E-state index < -0.39 is 5.97 Å². The van der Waals surface area contributed by atoms with E-state index in [-0.39, 0.29) is 11.3 Å². The zero-order valence-corrected chi connectivity index (χ0v) is 19.6. The predicted octanol–water partition coefficient (Wildman–Crippen LogP) is 6.03. The van der Waals surface area contributed by atoms with E-state index in [1.165, 1.54) is 11.1 Å². The van der Waals surface area contributed by atoms with Gasteiger partial charge in [-0.3, -0.25) is 0 Å². The number of benzene rings is 3. The molecule has 0 saturated heterocycles. The zero-order valence-electron chi connectivity index (χ0n) is 18.8. The number of para-hydroxylation sites is 1. The van der Waals surface area contributed by atoms with Crippen LogP contribution >= 0.6 is 11.3 Å². The molecule has 0 spiro atoms. The molecule has 0 amide bonds. The fraction of sp³-hybridized carbons (Fsp3) is 0.179. The SMILES string of the molecule is O=C(O)c1cccc2[nH]c(-c3csc(Cc4cc(O)ccc4C4CC4Cc4ccccc4)n3)nc12. The van der Waals surface area contributed by atoms with Gasteiger partial charge in [-0.15, -0.1) is 11.3 Å². The minimum absolute atomic E-state index is 0.166. The molecule has 1 aliphatic rings. The second kappa shape index (κ2) is 8.67. The van der Waals surface area contributed by atoms with Crippen molar-refractivity contribution in [3.05, 3.63) is 99.4 Å². The summed E-state index contributed by atoms with van der Waals surface area (Å²) in [4.78, 5) is 24.0. The Labute approximate surface area is 206 Å². The third-order valence-corrected chi connectivity index (χ3v) is 7.52. The number of imidazole rings is 1. The van der Waals surface area contributed by atoms with Gasteiger partial charge in [0.05, 0.1) is 16.1 Å². The monoisotopic (exact) mass is 481 g/mol. The smallest absolute Gasteiger partial charge is 0.337 e. The fourth-order valence-electron chi connectivity index (χ4n) is 4.87. The van der Waals surface area contributed by atoms with Gasteiger partial charge in [-0.05, 0) is 65.6 Å². The van der Waals surface area contributed by atoms with Crippen LogP contribution in [0.25, 0.3) is 22.6 Å². The first kappa shape index (κ1) is 21.6. The summed E-state index contributed by atoms with van der Waals surface area (Å²) in [6.07, 6.45) is 2.85. The maximum Gasteiger partial charge on any atom is 0.337 e. The summed E-state index contributed by atoms with van der Waals surface area (Å²) in [5.74, 6) is 0.924. The first-order valence-corrected chi connectivity index (χ1v) is 12.5. The number of aromatic hydroxyl groups is 1. The molecule has 5 aromatic rings. The quantitative estimate of drug-likeness (QED) is 0.264. The molecule has 35 heavy (non-hydrogen) atoms. The van der Waals surface area contributed by atoms with Gasteiger partial charge in [0.2, 0.25) is 0 Å². The Bertz CT molecular complexity index is 1540. The number of H-pyrrole nitrogens is 1. The Morgan fingerprint density at radius 2 is 1.91 bits per heavy atom. The van der Waals surface area contributed by atoms with Gasteiger partial charge in [-0.25, -0.2) is 14.8 Å². The van der Waals surface area contributed by atoms with E-state index in [2.05, 4.69) is 40.3 Å². The van der Waals surface area contributed by atoms with Crippen molar-refractivity contribution in [3.63, 3.8) is 0 Å². The highest BCUT2D eigenvalue weighted by Gasteiger charge is 2.39. The van der Waals surface area contributed by atoms with Crippen LogP contribution in [0.2, 0.25) is 0 Å². The highest BCUT2D eigenvalue weighted by atomic mass is 32.1. The minimum atomic E-state index is -1.00. The summed E-state index contributed by atoms with van der Waals surface area (Å²) in [6.45, 7) is 0. The number of carbonyl (C=O) groups is 1. The zero-order chi connectivity index (χ0) is 23.9. The Morgan fingerprint density at radius 3 is 2.74 bits per heavy atom. The van der Waals surface area contributed by atoms with Crippen LogP contribution in [0.1, 0.15) is 44.4 Å². The van der Waals surface area contributed by atoms with Gasteiger partial charge in [-0.2, -0.15) is 0 Å². The number of hydrogen-bond acceptors (Lipinski definition) is 5. The third-order valence-electron chi connectivity index (χ3n) is 6.67. The molecule has 6 rings (SSSR count). The molecule has 3 aromatic carbocycles. The Balaban J connectivity index is 1.24. The summed E-state index contributed by atoms with van der Waals surface area (Å²) >= 11 is 1.54. The molecule has 0 bridgehead atoms. The first-order chi connectivity index (χ1) is 17.0. The van der Waals surface area contributed by atoms with Crippen molar-refractivity contribution in [2.75, 3.05) is 0 Å². The van der Waals surface area contributed by atoms with Gasteiger partial charge >= 0.3 is 5.97 Å². The van der Waals surface area contributed by atoms with Crippen LogP contribution in [0.3, 0.4) is 0 Å². The molecule has 7 heteroatoms. The fourth-order valence-corrected chi connectivity index (χ4v) is 5.67. The van der Waals surface area contributed by atoms with E-state index in [9.17, 15) is 15.0 Å². The van der Waals surface area contributed by atoms with Crippen molar-refractivity contribution in [2.45, 2.75) is 25.2 Å². The van der Waals surface area contributed by atoms with Crippen LogP contribution in [0.15, 0.2) is 72.1 Å². The summed E-state index contributed by atoms with van der Waals surface area (Å²) in [6, 6.07) is 21.3. The Kier molecular flexibility index (Phi) is 5.34. The van der Waals surface area contributed by atoms with Crippen molar-refractivity contribution in [3.8, 4) is 17.3 Å². The summed E-state index contributed by atoms with van der Waals surface area (Å²) < 4.78 is 0. The average molecular weight is 482 g/mol. The van der Waals surface area contributed by atoms with Crippen LogP contribution in [0.5, 0.6) is 5.75 Å². The predicted molar refractivity (Wildman–Crippen MR) is 136 cm³/mol. The van der Waals surface area contributed by atoms with Gasteiger partial charge in [0, 0.05) is 11.8 Å². The van der Waals surface area contributed by atoms with Crippen molar-refractivity contribution >= 4 is 28.3 Å². The lowest BCUT2D eigenvalue weighted by atomic mass is 9.97. The number of aromatic carboxylic acids is 1. The number of hydrogen-bond donors (Lipinski definition) is 3. The highest BCUT2D eigenvalue weighted by Crippen LogP contribution is 2.51. The Hall–Kier alpha value is -3.97. The molecular weight excluding hydrogens is 458 g/mol. The van der Waals surface area contributed by atoms with Crippen molar-refractivity contribution in [1.82, 2.24) is 15.0 Å². The highest BCUT2D eigenvalue weighted by molar-refractivity contribution is 7.10. The number of carboxylic acid groups (broad SMARTS) is 1. The van der Waals surface area contributed by atoms with E-state index >= 15 is 0 Å². The van der Waals surface area contributed by atoms with Gasteiger partial charge in [0.25, 0.3) is 0 Å². The van der Waals surface area contributed by atoms with Crippen LogP contribution in [-0.2, 0) is 12.8 Å². The van der Waals surface area contributed by atoms with E-state index in [4.69, 9.17) is 4.98 Å². The molecule has 1 saturated carbocycles. The molecule has 2 atom stereocenters. The van der Waals surface area contributed by atoms with Crippen LogP contribution in [0.4, 0.5) is 0 Å². The molecule has 2 aromatic heterocycles. The van der Waals surface area contributed by atoms with E-state index in [0.717, 1.165) is 23.4 Å². The van der Waals surface area contributed by atoms with E-state index in [1.54, 1.807) is 29.5 Å². The molecule has 1 fully saturated rings. The number of aromatic amines is 1. The van der Waals surface area contributed by atoms with Crippen LogP contribution in [-0.4, -0.2) is 31.1 Å². The molecule has 2 unspecified atom stereocenters. The number of nitrogens with zero attached hydrogens (tertiary/aromatic N) is 2. The number of nitrogens with one attached hydrogen (secondary N) is 1. The van der Waals surface area contributed by atoms with E-state index in [1.807, 2.05) is 23.6 Å². The largest absolute Gasteiger partial charge is 0.508 e. The second-order valence-electron chi connectivity index (χ2n) is 9.07. The number of phenols is 1. The molecule has 0 radical (unpaired) electrons. The van der Waals surface area contributed by atoms with Gasteiger partial charge in [0.1, 0.15) is 17.0 Å². The van der Waals surface area contributed by atoms with E-state index in [0.29, 0.717) is 40.8 Å². The van der Waals surface area contributed by atoms with Crippen LogP contribution < -0.4 is 0 Å². The lowest BCUT2D eigenvalue weighted by Crippen LogP contribution is -1.97. The summed E-state index contributed by atoms with van der Waals surface area (Å²) in [7, 11) is 0. The number of rotatable bonds is 7. The molecule has 3 N–H and O–H groups in total. The normalized spacial score (nSPS) is 17.0. The van der Waals surface area contributed by atoms with Crippen molar-refractivity contribution in [2.24, 2.45) is 5.92 Å². The minimum Gasteiger partial charge on any atom is -0.508 e. The molecule has 1 aliphatic carbocycles. The van der Waals surface area contributed by atoms with Gasteiger partial charge < -0.3 is 15.2 Å². The lowest BCUT2D eigenvalue weighted by molar-refractivity contribution is 0.0699. The van der Waals surface area contributed by atoms with Gasteiger partial charge in [0.15, 0.2) is 5.82 Å². The average Bonchev–Trinajstić information content (AvgIpc) is 3.24. The maximum absolute atomic E-state index is 11.5. The molecule has 174 valence electrons. The van der Waals surface area contributed by atoms with Crippen LogP contribution in [0, 0.1) is 5.92 Å². The Morgan fingerprint density at radius 1 is 1.06 bits per heavy atom. The van der Waals surface area contributed by atoms with Crippen molar-refractivity contribution < 1.29 is 15.0 Å². The van der Waals surface area contributed by atoms with Gasteiger partial charge in [-0.1, -0.05) is 42.5 Å². The number of carboxylic acids is 1. The number of fused-ring (bicyclic) bond motifs is 1. The lowest BCUT2D eigenvalue weighted by Gasteiger charge is -2.09. The standard InChI is InChI=1S/C28H23N3O3S/c32-19-9-10-20(22-13-17(22)11-16-5-2-1-3-6-16)18(12-19)14-25-29-24(15-35-25)27-30-23-8-4-7-21(28(33)34)26(23)31-27/h1-10,12,15,17,22,32H,11,13-14H2,(H,30,31)(H,33,34). The molecule has 2 heterocycles. The molecule has 0 aliphatic heterocycles. The number of phenolic OH excluding ortho intramolecular Hbond substituents is 1. The topological polar surface area (TPSA) is 99.1 Å². The molecule has 6 nitrogen and oxygen atoms in total. The second-order valence-corrected chi connectivity index (χ2v) is 10.0. The first-order valence-electron chi connectivity index (χ1n) is 11.6. The number of thiazole rings is 1. The maximum atomic E-state index is 11.5. The number of aromatic nitrogens is 3. The summed E-state index contributed by atoms with van der Waals surface area (Å²) in [5.41, 5.74) is 5.70. The summed E-state index contributed by atoms with van der Waals surface area (Å²) in [5, 5.41) is 22.5. The van der Waals surface area contributed by atoms with Crippen molar-refractivity contribution in [1.29, 1.82) is 0 Å². The third kappa shape index (κ3) is 4.31.